The summed E-state index contributed by atoms with van der Waals surface area (Å²) in [7, 11) is 1.39. The molecule has 3 amide bonds. The zero-order chi connectivity index (χ0) is 20.4. The summed E-state index contributed by atoms with van der Waals surface area (Å²) in [6, 6.07) is 15.3. The summed E-state index contributed by atoms with van der Waals surface area (Å²) in [6.07, 6.45) is -0.734. The highest BCUT2D eigenvalue weighted by molar-refractivity contribution is 5.97. The summed E-state index contributed by atoms with van der Waals surface area (Å²) >= 11 is 0. The number of urea groups is 1. The van der Waals surface area contributed by atoms with Crippen molar-refractivity contribution >= 4 is 17.9 Å². The van der Waals surface area contributed by atoms with Gasteiger partial charge in [-0.3, -0.25) is 14.9 Å². The maximum absolute atomic E-state index is 12.4. The number of esters is 1. The lowest BCUT2D eigenvalue weighted by molar-refractivity contribution is -0.156. The van der Waals surface area contributed by atoms with Crippen molar-refractivity contribution in [3.8, 4) is 5.75 Å². The third kappa shape index (κ3) is 6.12. The molecule has 1 atom stereocenters. The molecule has 0 aliphatic heterocycles. The van der Waals surface area contributed by atoms with Gasteiger partial charge in [-0.05, 0) is 25.0 Å². The van der Waals surface area contributed by atoms with Crippen molar-refractivity contribution in [2.75, 3.05) is 13.7 Å². The molecule has 148 valence electrons. The molecule has 2 aromatic rings. The van der Waals surface area contributed by atoms with Gasteiger partial charge >= 0.3 is 12.0 Å². The van der Waals surface area contributed by atoms with E-state index in [1.165, 1.54) is 7.05 Å². The maximum atomic E-state index is 12.4. The highest BCUT2D eigenvalue weighted by atomic mass is 16.5. The number of ether oxygens (including phenoxy) is 2. The summed E-state index contributed by atoms with van der Waals surface area (Å²) < 4.78 is 10.9. The topological polar surface area (TPSA) is 93.7 Å². The normalized spacial score (nSPS) is 11.2. The Morgan fingerprint density at radius 2 is 1.68 bits per heavy atom. The van der Waals surface area contributed by atoms with Crippen LogP contribution in [-0.4, -0.2) is 31.6 Å². The predicted molar refractivity (Wildman–Crippen MR) is 104 cm³/mol. The minimum absolute atomic E-state index is 0.0701. The van der Waals surface area contributed by atoms with Crippen LogP contribution < -0.4 is 15.4 Å². The minimum atomic E-state index is -1.21. The van der Waals surface area contributed by atoms with E-state index in [-0.39, 0.29) is 6.42 Å². The Bertz CT molecular complexity index is 807. The number of imide groups is 1. The average Bonchev–Trinajstić information content (AvgIpc) is 2.72. The molecule has 0 aromatic heterocycles. The number of nitrogens with one attached hydrogen (secondary N) is 2. The largest absolute Gasteiger partial charge is 0.494 e. The molecular formula is C21H24N2O5. The third-order valence-electron chi connectivity index (χ3n) is 3.92. The highest BCUT2D eigenvalue weighted by Crippen LogP contribution is 2.22. The second-order valence-corrected chi connectivity index (χ2v) is 5.89. The van der Waals surface area contributed by atoms with Crippen LogP contribution in [0.15, 0.2) is 54.6 Å². The Balaban J connectivity index is 2.06. The van der Waals surface area contributed by atoms with Crippen molar-refractivity contribution in [3.05, 3.63) is 65.7 Å². The van der Waals surface area contributed by atoms with Gasteiger partial charge in [-0.15, -0.1) is 0 Å². The first-order chi connectivity index (χ1) is 13.5. The molecule has 7 nitrogen and oxygen atoms in total. The van der Waals surface area contributed by atoms with Gasteiger partial charge in [-0.25, -0.2) is 4.79 Å². The van der Waals surface area contributed by atoms with E-state index in [9.17, 15) is 14.4 Å². The predicted octanol–water partition coefficient (Wildman–Crippen LogP) is 2.76. The number of rotatable bonds is 8. The third-order valence-corrected chi connectivity index (χ3v) is 3.92. The van der Waals surface area contributed by atoms with E-state index in [0.717, 1.165) is 11.3 Å². The van der Waals surface area contributed by atoms with E-state index in [4.69, 9.17) is 9.47 Å². The van der Waals surface area contributed by atoms with Gasteiger partial charge < -0.3 is 14.8 Å². The minimum Gasteiger partial charge on any atom is -0.494 e. The summed E-state index contributed by atoms with van der Waals surface area (Å²) in [6.45, 7) is 2.41. The molecule has 7 heteroatoms. The fourth-order valence-electron chi connectivity index (χ4n) is 2.57. The molecule has 0 saturated carbocycles. The summed E-state index contributed by atoms with van der Waals surface area (Å²) in [5.41, 5.74) is 1.36. The number of benzene rings is 2. The first-order valence-corrected chi connectivity index (χ1v) is 9.02. The molecule has 0 radical (unpaired) electrons. The molecule has 0 spiro atoms. The fraction of sp³-hybridized carbons (Fsp3) is 0.286. The fourth-order valence-corrected chi connectivity index (χ4v) is 2.57. The molecule has 0 bridgehead atoms. The number of hydrogen-bond acceptors (Lipinski definition) is 5. The van der Waals surface area contributed by atoms with Gasteiger partial charge in [0, 0.05) is 19.0 Å². The molecule has 2 aromatic carbocycles. The van der Waals surface area contributed by atoms with Gasteiger partial charge in [-0.1, -0.05) is 48.5 Å². The van der Waals surface area contributed by atoms with Crippen LogP contribution in [0.25, 0.3) is 0 Å². The van der Waals surface area contributed by atoms with E-state index in [1.54, 1.807) is 30.3 Å². The second-order valence-electron chi connectivity index (χ2n) is 5.89. The van der Waals surface area contributed by atoms with E-state index in [1.807, 2.05) is 31.2 Å². The maximum Gasteiger partial charge on any atom is 0.321 e. The molecule has 0 fully saturated rings. The van der Waals surface area contributed by atoms with Crippen LogP contribution >= 0.6 is 0 Å². The van der Waals surface area contributed by atoms with Crippen molar-refractivity contribution in [2.45, 2.75) is 25.9 Å². The Hall–Kier alpha value is -3.35. The lowest BCUT2D eigenvalue weighted by Crippen LogP contribution is -2.41. The summed E-state index contributed by atoms with van der Waals surface area (Å²) in [5, 5.41) is 4.44. The van der Waals surface area contributed by atoms with Crippen molar-refractivity contribution in [1.29, 1.82) is 0 Å². The number of para-hydroxylation sites is 1. The molecular weight excluding hydrogens is 360 g/mol. The number of aryl methyl sites for hydroxylation is 1. The standard InChI is InChI=1S/C21H24N2O5/c1-3-27-17-12-8-7-9-15(17)13-14-18(24)28-19(16-10-5-4-6-11-16)20(25)23-21(26)22-2/h4-12,19H,3,13-14H2,1-2H3,(H2,22,23,25,26)/t19-/m0/s1. The number of carbonyl (C=O) groups excluding carboxylic acids is 3. The quantitative estimate of drug-likeness (QED) is 0.683. The van der Waals surface area contributed by atoms with Crippen molar-refractivity contribution in [1.82, 2.24) is 10.6 Å². The first kappa shape index (κ1) is 21.0. The van der Waals surface area contributed by atoms with E-state index < -0.39 is 24.0 Å². The molecule has 28 heavy (non-hydrogen) atoms. The van der Waals surface area contributed by atoms with Gasteiger partial charge in [0.1, 0.15) is 5.75 Å². The Labute approximate surface area is 164 Å². The number of hydrogen-bond donors (Lipinski definition) is 2. The second kappa shape index (κ2) is 10.7. The lowest BCUT2D eigenvalue weighted by Gasteiger charge is -2.17. The lowest BCUT2D eigenvalue weighted by atomic mass is 10.1. The number of amides is 3. The zero-order valence-corrected chi connectivity index (χ0v) is 15.9. The summed E-state index contributed by atoms with van der Waals surface area (Å²) in [5.74, 6) is -0.546. The Morgan fingerprint density at radius 3 is 2.36 bits per heavy atom. The van der Waals surface area contributed by atoms with Crippen molar-refractivity contribution in [3.63, 3.8) is 0 Å². The van der Waals surface area contributed by atoms with Crippen LogP contribution in [0.1, 0.15) is 30.6 Å². The number of carbonyl (C=O) groups is 3. The molecule has 0 saturated heterocycles. The van der Waals surface area contributed by atoms with Gasteiger partial charge in [0.25, 0.3) is 5.91 Å². The first-order valence-electron chi connectivity index (χ1n) is 9.02. The van der Waals surface area contributed by atoms with Crippen LogP contribution in [0.3, 0.4) is 0 Å². The van der Waals surface area contributed by atoms with Crippen molar-refractivity contribution in [2.24, 2.45) is 0 Å². The SMILES string of the molecule is CCOc1ccccc1CCC(=O)O[C@H](C(=O)NC(=O)NC)c1ccccc1. The van der Waals surface area contributed by atoms with Gasteiger partial charge in [-0.2, -0.15) is 0 Å². The molecule has 2 rings (SSSR count). The van der Waals surface area contributed by atoms with Gasteiger partial charge in [0.2, 0.25) is 6.10 Å². The van der Waals surface area contributed by atoms with Crippen LogP contribution in [-0.2, 0) is 20.7 Å². The molecule has 0 unspecified atom stereocenters. The van der Waals surface area contributed by atoms with Gasteiger partial charge in [0.05, 0.1) is 6.61 Å². The van der Waals surface area contributed by atoms with Gasteiger partial charge in [0.15, 0.2) is 0 Å². The molecule has 0 heterocycles. The molecule has 0 aliphatic rings. The van der Waals surface area contributed by atoms with Crippen molar-refractivity contribution < 1.29 is 23.9 Å². The average molecular weight is 384 g/mol. The van der Waals surface area contributed by atoms with Crippen LogP contribution in [0.2, 0.25) is 0 Å². The molecule has 2 N–H and O–H groups in total. The highest BCUT2D eigenvalue weighted by Gasteiger charge is 2.26. The summed E-state index contributed by atoms with van der Waals surface area (Å²) in [4.78, 5) is 36.2. The van der Waals surface area contributed by atoms with Crippen LogP contribution in [0.5, 0.6) is 5.75 Å². The Morgan fingerprint density at radius 1 is 1.00 bits per heavy atom. The monoisotopic (exact) mass is 384 g/mol. The van der Waals surface area contributed by atoms with Crippen LogP contribution in [0, 0.1) is 0 Å². The molecule has 0 aliphatic carbocycles. The van der Waals surface area contributed by atoms with E-state index >= 15 is 0 Å². The smallest absolute Gasteiger partial charge is 0.321 e. The van der Waals surface area contributed by atoms with Crippen LogP contribution in [0.4, 0.5) is 4.79 Å². The van der Waals surface area contributed by atoms with E-state index in [0.29, 0.717) is 18.6 Å². The zero-order valence-electron chi connectivity index (χ0n) is 15.9. The Kier molecular flexibility index (Phi) is 8.02. The van der Waals surface area contributed by atoms with E-state index in [2.05, 4.69) is 10.6 Å².